The Morgan fingerprint density at radius 3 is 2.21 bits per heavy atom. The van der Waals surface area contributed by atoms with Crippen LogP contribution in [0.15, 0.2) is 42.5 Å². The SMILES string of the molecule is CC(=O)N(CCNC(=O)c1ccc(C)c(C)c1)c1ccc(C)cc1. The van der Waals surface area contributed by atoms with Crippen molar-refractivity contribution in [3.8, 4) is 0 Å². The van der Waals surface area contributed by atoms with Crippen LogP contribution in [0, 0.1) is 20.8 Å². The lowest BCUT2D eigenvalue weighted by Gasteiger charge is -2.21. The molecule has 0 aliphatic heterocycles. The number of carbonyl (C=O) groups is 2. The van der Waals surface area contributed by atoms with Gasteiger partial charge in [0, 0.05) is 31.3 Å². The Balaban J connectivity index is 1.97. The Morgan fingerprint density at radius 1 is 0.958 bits per heavy atom. The van der Waals surface area contributed by atoms with Crippen LogP contribution in [0.4, 0.5) is 5.69 Å². The number of aryl methyl sites for hydroxylation is 3. The second kappa shape index (κ2) is 7.77. The third-order valence-corrected chi connectivity index (χ3v) is 4.12. The summed E-state index contributed by atoms with van der Waals surface area (Å²) in [6.07, 6.45) is 0. The fourth-order valence-electron chi connectivity index (χ4n) is 2.46. The molecule has 2 aromatic rings. The molecule has 0 aliphatic rings. The van der Waals surface area contributed by atoms with E-state index in [0.29, 0.717) is 18.7 Å². The van der Waals surface area contributed by atoms with Gasteiger partial charge in [0.1, 0.15) is 0 Å². The first-order valence-electron chi connectivity index (χ1n) is 8.08. The van der Waals surface area contributed by atoms with Crippen molar-refractivity contribution in [3.63, 3.8) is 0 Å². The summed E-state index contributed by atoms with van der Waals surface area (Å²) in [5.41, 5.74) is 4.88. The summed E-state index contributed by atoms with van der Waals surface area (Å²) in [6.45, 7) is 8.38. The maximum Gasteiger partial charge on any atom is 0.251 e. The van der Waals surface area contributed by atoms with Gasteiger partial charge in [-0.2, -0.15) is 0 Å². The van der Waals surface area contributed by atoms with Crippen LogP contribution >= 0.6 is 0 Å². The molecule has 0 heterocycles. The second-order valence-corrected chi connectivity index (χ2v) is 6.06. The van der Waals surface area contributed by atoms with Crippen molar-refractivity contribution < 1.29 is 9.59 Å². The minimum Gasteiger partial charge on any atom is -0.350 e. The summed E-state index contributed by atoms with van der Waals surface area (Å²) in [5, 5.41) is 2.88. The van der Waals surface area contributed by atoms with Gasteiger partial charge in [-0.3, -0.25) is 9.59 Å². The van der Waals surface area contributed by atoms with E-state index < -0.39 is 0 Å². The molecule has 0 aromatic heterocycles. The number of rotatable bonds is 5. The van der Waals surface area contributed by atoms with Crippen LogP contribution in [0.2, 0.25) is 0 Å². The van der Waals surface area contributed by atoms with E-state index in [2.05, 4.69) is 5.32 Å². The van der Waals surface area contributed by atoms with Crippen molar-refractivity contribution in [1.82, 2.24) is 5.32 Å². The molecular weight excluding hydrogens is 300 g/mol. The second-order valence-electron chi connectivity index (χ2n) is 6.06. The lowest BCUT2D eigenvalue weighted by Crippen LogP contribution is -2.37. The first kappa shape index (κ1) is 17.7. The van der Waals surface area contributed by atoms with Crippen molar-refractivity contribution >= 4 is 17.5 Å². The molecular formula is C20H24N2O2. The molecule has 0 aliphatic carbocycles. The van der Waals surface area contributed by atoms with Crippen molar-refractivity contribution in [3.05, 3.63) is 64.7 Å². The minimum atomic E-state index is -0.120. The maximum atomic E-state index is 12.2. The first-order chi connectivity index (χ1) is 11.4. The van der Waals surface area contributed by atoms with E-state index in [1.54, 1.807) is 4.90 Å². The molecule has 0 saturated heterocycles. The fourth-order valence-corrected chi connectivity index (χ4v) is 2.46. The Bertz CT molecular complexity index is 736. The van der Waals surface area contributed by atoms with Crippen molar-refractivity contribution in [2.75, 3.05) is 18.0 Å². The van der Waals surface area contributed by atoms with Gasteiger partial charge in [-0.1, -0.05) is 23.8 Å². The highest BCUT2D eigenvalue weighted by Gasteiger charge is 2.12. The summed E-state index contributed by atoms with van der Waals surface area (Å²) < 4.78 is 0. The van der Waals surface area contributed by atoms with Gasteiger partial charge in [-0.05, 0) is 56.2 Å². The Labute approximate surface area is 143 Å². The molecule has 0 spiro atoms. The van der Waals surface area contributed by atoms with Crippen LogP contribution < -0.4 is 10.2 Å². The highest BCUT2D eigenvalue weighted by atomic mass is 16.2. The van der Waals surface area contributed by atoms with E-state index in [9.17, 15) is 9.59 Å². The van der Waals surface area contributed by atoms with Crippen LogP contribution in [-0.4, -0.2) is 24.9 Å². The zero-order chi connectivity index (χ0) is 17.7. The van der Waals surface area contributed by atoms with Crippen LogP contribution in [0.3, 0.4) is 0 Å². The molecule has 1 N–H and O–H groups in total. The Kier molecular flexibility index (Phi) is 5.74. The molecule has 4 nitrogen and oxygen atoms in total. The lowest BCUT2D eigenvalue weighted by atomic mass is 10.1. The molecule has 0 radical (unpaired) electrons. The molecule has 0 bridgehead atoms. The summed E-state index contributed by atoms with van der Waals surface area (Å²) >= 11 is 0. The van der Waals surface area contributed by atoms with Gasteiger partial charge in [0.05, 0.1) is 0 Å². The van der Waals surface area contributed by atoms with E-state index in [4.69, 9.17) is 0 Å². The summed E-state index contributed by atoms with van der Waals surface area (Å²) in [7, 11) is 0. The number of amides is 2. The standard InChI is InChI=1S/C20H24N2O2/c1-14-5-9-19(10-6-14)22(17(4)23)12-11-21-20(24)18-8-7-15(2)16(3)13-18/h5-10,13H,11-12H2,1-4H3,(H,21,24). The van der Waals surface area contributed by atoms with Crippen LogP contribution in [0.1, 0.15) is 34.0 Å². The lowest BCUT2D eigenvalue weighted by molar-refractivity contribution is -0.116. The normalized spacial score (nSPS) is 10.3. The molecule has 0 fully saturated rings. The zero-order valence-electron chi connectivity index (χ0n) is 14.7. The maximum absolute atomic E-state index is 12.2. The number of carbonyl (C=O) groups excluding carboxylic acids is 2. The molecule has 2 amide bonds. The molecule has 126 valence electrons. The van der Waals surface area contributed by atoms with Crippen LogP contribution in [0.25, 0.3) is 0 Å². The highest BCUT2D eigenvalue weighted by molar-refractivity contribution is 5.95. The Morgan fingerprint density at radius 2 is 1.62 bits per heavy atom. The molecule has 0 atom stereocenters. The number of benzene rings is 2. The van der Waals surface area contributed by atoms with E-state index in [1.165, 1.54) is 6.92 Å². The van der Waals surface area contributed by atoms with Gasteiger partial charge >= 0.3 is 0 Å². The molecule has 24 heavy (non-hydrogen) atoms. The third kappa shape index (κ3) is 4.44. The number of nitrogens with one attached hydrogen (secondary N) is 1. The predicted molar refractivity (Wildman–Crippen MR) is 97.5 cm³/mol. The van der Waals surface area contributed by atoms with Gasteiger partial charge in [0.15, 0.2) is 0 Å². The zero-order valence-corrected chi connectivity index (χ0v) is 14.7. The van der Waals surface area contributed by atoms with Crippen molar-refractivity contribution in [2.45, 2.75) is 27.7 Å². The van der Waals surface area contributed by atoms with Gasteiger partial charge in [-0.25, -0.2) is 0 Å². The van der Waals surface area contributed by atoms with E-state index in [0.717, 1.165) is 22.4 Å². The quantitative estimate of drug-likeness (QED) is 0.916. The summed E-state index contributed by atoms with van der Waals surface area (Å²) in [6, 6.07) is 13.4. The average molecular weight is 324 g/mol. The van der Waals surface area contributed by atoms with E-state index >= 15 is 0 Å². The van der Waals surface area contributed by atoms with Crippen LogP contribution in [0.5, 0.6) is 0 Å². The number of anilines is 1. The smallest absolute Gasteiger partial charge is 0.251 e. The van der Waals surface area contributed by atoms with E-state index in [-0.39, 0.29) is 11.8 Å². The molecule has 0 unspecified atom stereocenters. The highest BCUT2D eigenvalue weighted by Crippen LogP contribution is 2.15. The predicted octanol–water partition coefficient (Wildman–Crippen LogP) is 3.39. The first-order valence-corrected chi connectivity index (χ1v) is 8.08. The molecule has 4 heteroatoms. The monoisotopic (exact) mass is 324 g/mol. The van der Waals surface area contributed by atoms with Crippen LogP contribution in [-0.2, 0) is 4.79 Å². The fraction of sp³-hybridized carbons (Fsp3) is 0.300. The topological polar surface area (TPSA) is 49.4 Å². The van der Waals surface area contributed by atoms with Crippen molar-refractivity contribution in [1.29, 1.82) is 0 Å². The van der Waals surface area contributed by atoms with Gasteiger partial charge < -0.3 is 10.2 Å². The number of hydrogen-bond donors (Lipinski definition) is 1. The molecule has 0 saturated carbocycles. The molecule has 2 aromatic carbocycles. The average Bonchev–Trinajstić information content (AvgIpc) is 2.54. The number of nitrogens with zero attached hydrogens (tertiary/aromatic N) is 1. The van der Waals surface area contributed by atoms with E-state index in [1.807, 2.05) is 63.2 Å². The third-order valence-electron chi connectivity index (χ3n) is 4.12. The van der Waals surface area contributed by atoms with Gasteiger partial charge in [-0.15, -0.1) is 0 Å². The largest absolute Gasteiger partial charge is 0.350 e. The summed E-state index contributed by atoms with van der Waals surface area (Å²) in [5.74, 6) is -0.162. The molecule has 2 rings (SSSR count). The number of hydrogen-bond acceptors (Lipinski definition) is 2. The summed E-state index contributed by atoms with van der Waals surface area (Å²) in [4.78, 5) is 25.8. The Hall–Kier alpha value is -2.62. The van der Waals surface area contributed by atoms with Crippen molar-refractivity contribution in [2.24, 2.45) is 0 Å². The van der Waals surface area contributed by atoms with Gasteiger partial charge in [0.2, 0.25) is 5.91 Å². The minimum absolute atomic E-state index is 0.0423. The van der Waals surface area contributed by atoms with Gasteiger partial charge in [0.25, 0.3) is 5.91 Å².